The molecule has 0 aliphatic heterocycles. The van der Waals surface area contributed by atoms with E-state index >= 15 is 0 Å². The molecule has 2 aromatic rings. The van der Waals surface area contributed by atoms with Gasteiger partial charge in [-0.1, -0.05) is 17.7 Å². The van der Waals surface area contributed by atoms with Crippen LogP contribution in [0.3, 0.4) is 0 Å². The molecule has 1 heterocycles. The molecule has 0 unspecified atom stereocenters. The average molecular weight is 400 g/mol. The molecule has 1 aromatic carbocycles. The number of ether oxygens (including phenoxy) is 2. The summed E-state index contributed by atoms with van der Waals surface area (Å²) in [5.41, 5.74) is 0.792. The molecule has 9 heteroatoms. The van der Waals surface area contributed by atoms with Crippen LogP contribution in [0.15, 0.2) is 36.5 Å². The van der Waals surface area contributed by atoms with Crippen molar-refractivity contribution in [2.45, 2.75) is 20.1 Å². The first-order valence-electron chi connectivity index (χ1n) is 8.18. The molecule has 0 aliphatic carbocycles. The molecule has 1 aromatic heterocycles. The number of nitrogens with one attached hydrogen (secondary N) is 1. The van der Waals surface area contributed by atoms with Gasteiger partial charge in [0.05, 0.1) is 18.2 Å². The zero-order valence-corrected chi connectivity index (χ0v) is 15.7. The Labute approximate surface area is 161 Å². The largest absolute Gasteiger partial charge is 0.490 e. The highest BCUT2D eigenvalue weighted by Crippen LogP contribution is 2.30. The van der Waals surface area contributed by atoms with Crippen LogP contribution < -0.4 is 14.8 Å². The van der Waals surface area contributed by atoms with Crippen LogP contribution in [-0.4, -0.2) is 42.6 Å². The summed E-state index contributed by atoms with van der Waals surface area (Å²) in [7, 11) is 1.76. The number of hydrogen-bond acceptors (Lipinski definition) is 5. The van der Waals surface area contributed by atoms with Gasteiger partial charge in [-0.05, 0) is 43.8 Å². The molecule has 0 saturated heterocycles. The summed E-state index contributed by atoms with van der Waals surface area (Å²) in [5.74, 6) is 0.378. The third kappa shape index (κ3) is 6.99. The lowest BCUT2D eigenvalue weighted by Crippen LogP contribution is -2.30. The lowest BCUT2D eigenvalue weighted by molar-refractivity contribution is -0.117. The number of benzene rings is 1. The minimum absolute atomic E-state index is 0.0233. The molecule has 27 heavy (non-hydrogen) atoms. The van der Waals surface area contributed by atoms with Gasteiger partial charge >= 0.3 is 6.61 Å². The highest BCUT2D eigenvalue weighted by molar-refractivity contribution is 6.30. The first kappa shape index (κ1) is 20.9. The molecule has 0 fully saturated rings. The molecule has 2 rings (SSSR count). The summed E-state index contributed by atoms with van der Waals surface area (Å²) in [6.45, 7) is -0.335. The molecule has 6 nitrogen and oxygen atoms in total. The topological polar surface area (TPSA) is 63.7 Å². The van der Waals surface area contributed by atoms with Gasteiger partial charge in [-0.2, -0.15) is 8.78 Å². The molecule has 0 aliphatic rings. The zero-order valence-electron chi connectivity index (χ0n) is 14.9. The van der Waals surface area contributed by atoms with E-state index in [4.69, 9.17) is 16.3 Å². The summed E-state index contributed by atoms with van der Waals surface area (Å²) < 4.78 is 34.7. The SMILES string of the molecule is CCOc1cc(CN(C)CC(=O)Nc2ccc(Cl)cn2)ccc1OC(F)F. The minimum Gasteiger partial charge on any atom is -0.490 e. The fourth-order valence-corrected chi connectivity index (χ4v) is 2.47. The summed E-state index contributed by atoms with van der Waals surface area (Å²) in [4.78, 5) is 17.9. The Hall–Kier alpha value is -2.45. The van der Waals surface area contributed by atoms with E-state index in [0.717, 1.165) is 5.56 Å². The predicted molar refractivity (Wildman–Crippen MR) is 98.5 cm³/mol. The van der Waals surface area contributed by atoms with E-state index in [1.54, 1.807) is 43.1 Å². The number of likely N-dealkylation sites (N-methyl/N-ethyl adjacent to an activating group) is 1. The molecule has 0 saturated carbocycles. The average Bonchev–Trinajstić information content (AvgIpc) is 2.59. The van der Waals surface area contributed by atoms with Crippen molar-refractivity contribution < 1.29 is 23.0 Å². The van der Waals surface area contributed by atoms with Crippen LogP contribution in [-0.2, 0) is 11.3 Å². The van der Waals surface area contributed by atoms with Crippen LogP contribution in [0, 0.1) is 0 Å². The molecule has 0 bridgehead atoms. The lowest BCUT2D eigenvalue weighted by atomic mass is 10.2. The van der Waals surface area contributed by atoms with Crippen molar-refractivity contribution in [2.24, 2.45) is 0 Å². The number of anilines is 1. The molecule has 1 amide bonds. The monoisotopic (exact) mass is 399 g/mol. The number of nitrogens with zero attached hydrogens (tertiary/aromatic N) is 2. The zero-order chi connectivity index (χ0) is 19.8. The number of alkyl halides is 2. The number of amides is 1. The van der Waals surface area contributed by atoms with Crippen molar-refractivity contribution in [2.75, 3.05) is 25.5 Å². The number of halogens is 3. The Balaban J connectivity index is 1.95. The normalized spacial score (nSPS) is 10.9. The Morgan fingerprint density at radius 3 is 2.70 bits per heavy atom. The van der Waals surface area contributed by atoms with Crippen molar-refractivity contribution in [3.63, 3.8) is 0 Å². The maximum Gasteiger partial charge on any atom is 0.387 e. The third-order valence-corrected chi connectivity index (χ3v) is 3.61. The smallest absolute Gasteiger partial charge is 0.387 e. The van der Waals surface area contributed by atoms with Gasteiger partial charge in [-0.3, -0.25) is 9.69 Å². The van der Waals surface area contributed by atoms with Gasteiger partial charge in [0.1, 0.15) is 5.82 Å². The Bertz CT molecular complexity index is 760. The quantitative estimate of drug-likeness (QED) is 0.694. The Morgan fingerprint density at radius 2 is 2.07 bits per heavy atom. The van der Waals surface area contributed by atoms with Crippen molar-refractivity contribution in [1.29, 1.82) is 0 Å². The van der Waals surface area contributed by atoms with Crippen molar-refractivity contribution in [3.05, 3.63) is 47.1 Å². The first-order valence-corrected chi connectivity index (χ1v) is 8.55. The number of aromatic nitrogens is 1. The highest BCUT2D eigenvalue weighted by atomic mass is 35.5. The fourth-order valence-electron chi connectivity index (χ4n) is 2.36. The van der Waals surface area contributed by atoms with Gasteiger partial charge in [-0.15, -0.1) is 0 Å². The number of carbonyl (C=O) groups is 1. The second-order valence-electron chi connectivity index (χ2n) is 5.67. The van der Waals surface area contributed by atoms with Gasteiger partial charge in [0, 0.05) is 12.7 Å². The van der Waals surface area contributed by atoms with Crippen molar-refractivity contribution >= 4 is 23.3 Å². The number of rotatable bonds is 9. The summed E-state index contributed by atoms with van der Waals surface area (Å²) in [5, 5.41) is 3.15. The van der Waals surface area contributed by atoms with Crippen LogP contribution in [0.4, 0.5) is 14.6 Å². The molecule has 146 valence electrons. The van der Waals surface area contributed by atoms with Crippen LogP contribution in [0.2, 0.25) is 5.02 Å². The van der Waals surface area contributed by atoms with E-state index in [0.29, 0.717) is 24.0 Å². The van der Waals surface area contributed by atoms with Crippen LogP contribution in [0.25, 0.3) is 0 Å². The maximum atomic E-state index is 12.5. The number of pyridine rings is 1. The lowest BCUT2D eigenvalue weighted by Gasteiger charge is -2.18. The maximum absolute atomic E-state index is 12.5. The molecular weight excluding hydrogens is 380 g/mol. The second kappa shape index (κ2) is 10.0. The standard InChI is InChI=1S/C18H20ClF2N3O3/c1-3-26-15-8-12(4-6-14(15)27-18(20)21)10-24(2)11-17(25)23-16-7-5-13(19)9-22-16/h4-9,18H,3,10-11H2,1-2H3,(H,22,23,25). The summed E-state index contributed by atoms with van der Waals surface area (Å²) in [6, 6.07) is 7.94. The van der Waals surface area contributed by atoms with Gasteiger partial charge < -0.3 is 14.8 Å². The van der Waals surface area contributed by atoms with Crippen molar-refractivity contribution in [1.82, 2.24) is 9.88 Å². The van der Waals surface area contributed by atoms with E-state index in [1.165, 1.54) is 12.3 Å². The molecule has 0 atom stereocenters. The van der Waals surface area contributed by atoms with E-state index in [1.807, 2.05) is 0 Å². The first-order chi connectivity index (χ1) is 12.9. The van der Waals surface area contributed by atoms with Gasteiger partial charge in [0.15, 0.2) is 11.5 Å². The minimum atomic E-state index is -2.93. The van der Waals surface area contributed by atoms with E-state index in [9.17, 15) is 13.6 Å². The van der Waals surface area contributed by atoms with E-state index < -0.39 is 6.61 Å². The Kier molecular flexibility index (Phi) is 7.75. The fraction of sp³-hybridized carbons (Fsp3) is 0.333. The van der Waals surface area contributed by atoms with Gasteiger partial charge in [0.2, 0.25) is 5.91 Å². The van der Waals surface area contributed by atoms with E-state index in [-0.39, 0.29) is 24.0 Å². The van der Waals surface area contributed by atoms with Crippen LogP contribution in [0.1, 0.15) is 12.5 Å². The molecule has 0 spiro atoms. The number of hydrogen-bond donors (Lipinski definition) is 1. The van der Waals surface area contributed by atoms with Crippen molar-refractivity contribution in [3.8, 4) is 11.5 Å². The highest BCUT2D eigenvalue weighted by Gasteiger charge is 2.13. The van der Waals surface area contributed by atoms with Crippen LogP contribution >= 0.6 is 11.6 Å². The summed E-state index contributed by atoms with van der Waals surface area (Å²) >= 11 is 5.75. The molecule has 1 N–H and O–H groups in total. The summed E-state index contributed by atoms with van der Waals surface area (Å²) in [6.07, 6.45) is 1.44. The third-order valence-electron chi connectivity index (χ3n) is 3.38. The molecular formula is C18H20ClF2N3O3. The number of carbonyl (C=O) groups excluding carboxylic acids is 1. The molecule has 0 radical (unpaired) electrons. The van der Waals surface area contributed by atoms with Crippen LogP contribution in [0.5, 0.6) is 11.5 Å². The second-order valence-corrected chi connectivity index (χ2v) is 6.11. The van der Waals surface area contributed by atoms with Gasteiger partial charge in [0.25, 0.3) is 0 Å². The predicted octanol–water partition coefficient (Wildman–Crippen LogP) is 3.81. The Morgan fingerprint density at radius 1 is 1.30 bits per heavy atom. The van der Waals surface area contributed by atoms with Gasteiger partial charge in [-0.25, -0.2) is 4.98 Å². The van der Waals surface area contributed by atoms with E-state index in [2.05, 4.69) is 15.0 Å².